The molecule has 0 spiro atoms. The van der Waals surface area contributed by atoms with Gasteiger partial charge in [0.05, 0.1) is 37.5 Å². The summed E-state index contributed by atoms with van der Waals surface area (Å²) in [5.41, 5.74) is 0.864. The maximum Gasteiger partial charge on any atom is 0.340 e. The number of allylic oxidation sites excluding steroid dienone is 1. The van der Waals surface area contributed by atoms with Crippen LogP contribution in [0, 0.1) is 0 Å². The Labute approximate surface area is 134 Å². The van der Waals surface area contributed by atoms with Crippen molar-refractivity contribution in [2.24, 2.45) is 0 Å². The topological polar surface area (TPSA) is 82.1 Å². The zero-order valence-corrected chi connectivity index (χ0v) is 13.6. The molecule has 0 aromatic rings. The molecule has 126 valence electrons. The van der Waals surface area contributed by atoms with Crippen molar-refractivity contribution in [3.8, 4) is 0 Å². The van der Waals surface area contributed by atoms with E-state index in [1.54, 1.807) is 6.92 Å². The molecule has 0 bridgehead atoms. The predicted molar refractivity (Wildman–Crippen MR) is 80.1 cm³/mol. The molecule has 2 rings (SSSR count). The largest absolute Gasteiger partial charge is 0.465 e. The first-order valence-corrected chi connectivity index (χ1v) is 7.60. The van der Waals surface area contributed by atoms with Crippen LogP contribution in [0.25, 0.3) is 0 Å². The number of nitrogens with zero attached hydrogens (tertiary/aromatic N) is 1. The lowest BCUT2D eigenvalue weighted by Crippen LogP contribution is -2.23. The van der Waals surface area contributed by atoms with Gasteiger partial charge in [-0.15, -0.1) is 0 Å². The van der Waals surface area contributed by atoms with Gasteiger partial charge in [-0.3, -0.25) is 0 Å². The van der Waals surface area contributed by atoms with Crippen LogP contribution in [0.2, 0.25) is 0 Å². The zero-order chi connectivity index (χ0) is 17.0. The van der Waals surface area contributed by atoms with Gasteiger partial charge in [-0.1, -0.05) is 0 Å². The first kappa shape index (κ1) is 17.1. The van der Waals surface area contributed by atoms with Crippen LogP contribution in [0.15, 0.2) is 22.4 Å². The van der Waals surface area contributed by atoms with Crippen LogP contribution in [0.3, 0.4) is 0 Å². The fourth-order valence-electron chi connectivity index (χ4n) is 2.94. The highest BCUT2D eigenvalue weighted by Crippen LogP contribution is 2.37. The second-order valence-electron chi connectivity index (χ2n) is 5.25. The fraction of sp³-hybridized carbons (Fsp3) is 0.562. The highest BCUT2D eigenvalue weighted by molar-refractivity contribution is 6.14. The second kappa shape index (κ2) is 7.30. The van der Waals surface area contributed by atoms with Crippen molar-refractivity contribution in [3.05, 3.63) is 22.4 Å². The molecular formula is C16H21NO6. The normalized spacial score (nSPS) is 17.6. The van der Waals surface area contributed by atoms with Crippen molar-refractivity contribution in [1.29, 1.82) is 0 Å². The Balaban J connectivity index is 2.51. The van der Waals surface area contributed by atoms with E-state index in [0.29, 0.717) is 5.70 Å². The molecule has 23 heavy (non-hydrogen) atoms. The molecule has 0 N–H and O–H groups in total. The monoisotopic (exact) mass is 323 g/mol. The standard InChI is InChI=1S/C16H21NO6/c1-4-23-14(18)10-9-11(17-7-5-6-8-17)13(16(20)22-3)12(10)15(19)21-2/h4-9H2,1-3H3. The van der Waals surface area contributed by atoms with Gasteiger partial charge in [0.2, 0.25) is 0 Å². The average Bonchev–Trinajstić information content (AvgIpc) is 3.20. The van der Waals surface area contributed by atoms with Gasteiger partial charge in [0.1, 0.15) is 0 Å². The van der Waals surface area contributed by atoms with Crippen LogP contribution in [0.1, 0.15) is 26.2 Å². The Bertz CT molecular complexity index is 583. The molecule has 1 fully saturated rings. The molecule has 0 aromatic carbocycles. The van der Waals surface area contributed by atoms with Gasteiger partial charge in [0.15, 0.2) is 0 Å². The molecule has 7 heteroatoms. The average molecular weight is 323 g/mol. The van der Waals surface area contributed by atoms with Gasteiger partial charge < -0.3 is 19.1 Å². The summed E-state index contributed by atoms with van der Waals surface area (Å²) >= 11 is 0. The maximum absolute atomic E-state index is 12.2. The number of esters is 3. The van der Waals surface area contributed by atoms with E-state index in [9.17, 15) is 14.4 Å². The smallest absolute Gasteiger partial charge is 0.340 e. The third-order valence-corrected chi connectivity index (χ3v) is 3.97. The van der Waals surface area contributed by atoms with Crippen molar-refractivity contribution < 1.29 is 28.6 Å². The minimum absolute atomic E-state index is 0.0419. The maximum atomic E-state index is 12.2. The zero-order valence-electron chi connectivity index (χ0n) is 13.6. The number of rotatable bonds is 5. The summed E-state index contributed by atoms with van der Waals surface area (Å²) < 4.78 is 14.6. The van der Waals surface area contributed by atoms with Crippen molar-refractivity contribution in [1.82, 2.24) is 4.90 Å². The Morgan fingerprint density at radius 1 is 0.957 bits per heavy atom. The van der Waals surface area contributed by atoms with Gasteiger partial charge in [-0.25, -0.2) is 14.4 Å². The van der Waals surface area contributed by atoms with Crippen LogP contribution in [0.5, 0.6) is 0 Å². The summed E-state index contributed by atoms with van der Waals surface area (Å²) in [7, 11) is 2.45. The van der Waals surface area contributed by atoms with E-state index in [2.05, 4.69) is 0 Å². The molecule has 0 aromatic heterocycles. The molecule has 0 amide bonds. The summed E-state index contributed by atoms with van der Waals surface area (Å²) in [6.07, 6.45) is 2.17. The van der Waals surface area contributed by atoms with E-state index in [1.807, 2.05) is 4.90 Å². The number of methoxy groups -OCH3 is 2. The quantitative estimate of drug-likeness (QED) is 0.550. The second-order valence-corrected chi connectivity index (χ2v) is 5.25. The molecule has 0 radical (unpaired) electrons. The molecule has 2 aliphatic rings. The SMILES string of the molecule is CCOC(=O)C1=C(C(=O)OC)C(C(=O)OC)=C(N2CCCC2)C1. The molecule has 1 aliphatic heterocycles. The number of hydrogen-bond acceptors (Lipinski definition) is 7. The van der Waals surface area contributed by atoms with Gasteiger partial charge in [0, 0.05) is 25.2 Å². The number of likely N-dealkylation sites (tertiary alicyclic amines) is 1. The summed E-state index contributed by atoms with van der Waals surface area (Å²) in [6, 6.07) is 0. The predicted octanol–water partition coefficient (Wildman–Crippen LogP) is 0.946. The third kappa shape index (κ3) is 3.23. The number of carbonyl (C=O) groups is 3. The van der Waals surface area contributed by atoms with Gasteiger partial charge in [-0.2, -0.15) is 0 Å². The molecule has 1 aliphatic carbocycles. The van der Waals surface area contributed by atoms with E-state index in [0.717, 1.165) is 25.9 Å². The summed E-state index contributed by atoms with van der Waals surface area (Å²) in [4.78, 5) is 38.6. The van der Waals surface area contributed by atoms with Crippen molar-refractivity contribution >= 4 is 17.9 Å². The lowest BCUT2D eigenvalue weighted by atomic mass is 10.1. The Hall–Kier alpha value is -2.31. The lowest BCUT2D eigenvalue weighted by Gasteiger charge is -2.21. The summed E-state index contributed by atoms with van der Waals surface area (Å²) in [5.74, 6) is -1.99. The van der Waals surface area contributed by atoms with E-state index < -0.39 is 17.9 Å². The van der Waals surface area contributed by atoms with Crippen LogP contribution in [0.4, 0.5) is 0 Å². The first-order chi connectivity index (χ1) is 11.0. The Morgan fingerprint density at radius 3 is 2.04 bits per heavy atom. The van der Waals surface area contributed by atoms with Crippen LogP contribution < -0.4 is 0 Å². The van der Waals surface area contributed by atoms with E-state index >= 15 is 0 Å². The summed E-state index contributed by atoms with van der Waals surface area (Å²) in [5, 5.41) is 0. The van der Waals surface area contributed by atoms with Crippen LogP contribution in [-0.4, -0.2) is 56.7 Å². The highest BCUT2D eigenvalue weighted by atomic mass is 16.5. The molecule has 7 nitrogen and oxygen atoms in total. The van der Waals surface area contributed by atoms with E-state index in [-0.39, 0.29) is 29.7 Å². The third-order valence-electron chi connectivity index (χ3n) is 3.97. The number of carbonyl (C=O) groups excluding carboxylic acids is 3. The van der Waals surface area contributed by atoms with Crippen LogP contribution >= 0.6 is 0 Å². The Morgan fingerprint density at radius 2 is 1.52 bits per heavy atom. The Kier molecular flexibility index (Phi) is 5.41. The summed E-state index contributed by atoms with van der Waals surface area (Å²) in [6.45, 7) is 3.42. The van der Waals surface area contributed by atoms with Crippen molar-refractivity contribution in [2.75, 3.05) is 33.9 Å². The van der Waals surface area contributed by atoms with Crippen LogP contribution in [-0.2, 0) is 28.6 Å². The van der Waals surface area contributed by atoms with Gasteiger partial charge in [-0.05, 0) is 19.8 Å². The van der Waals surface area contributed by atoms with Crippen molar-refractivity contribution in [3.63, 3.8) is 0 Å². The van der Waals surface area contributed by atoms with Gasteiger partial charge in [0.25, 0.3) is 0 Å². The molecule has 0 atom stereocenters. The minimum atomic E-state index is -0.734. The van der Waals surface area contributed by atoms with Crippen molar-refractivity contribution in [2.45, 2.75) is 26.2 Å². The number of ether oxygens (including phenoxy) is 3. The fourth-order valence-corrected chi connectivity index (χ4v) is 2.94. The molecule has 1 heterocycles. The highest BCUT2D eigenvalue weighted by Gasteiger charge is 2.40. The first-order valence-electron chi connectivity index (χ1n) is 7.60. The molecule has 0 saturated carbocycles. The lowest BCUT2D eigenvalue weighted by molar-refractivity contribution is -0.141. The minimum Gasteiger partial charge on any atom is -0.465 e. The molecule has 0 unspecified atom stereocenters. The number of hydrogen-bond donors (Lipinski definition) is 0. The molecule has 1 saturated heterocycles. The van der Waals surface area contributed by atoms with Gasteiger partial charge >= 0.3 is 17.9 Å². The van der Waals surface area contributed by atoms with E-state index in [4.69, 9.17) is 14.2 Å². The molecular weight excluding hydrogens is 302 g/mol. The van der Waals surface area contributed by atoms with E-state index in [1.165, 1.54) is 14.2 Å².